The van der Waals surface area contributed by atoms with E-state index in [2.05, 4.69) is 4.98 Å². The van der Waals surface area contributed by atoms with Crippen LogP contribution in [0.3, 0.4) is 0 Å². The van der Waals surface area contributed by atoms with Crippen LogP contribution in [0.1, 0.15) is 41.1 Å². The molecule has 1 fully saturated rings. The fraction of sp³-hybridized carbons (Fsp3) is 0.318. The maximum Gasteiger partial charge on any atom is 0.184 e. The zero-order valence-electron chi connectivity index (χ0n) is 16.2. The number of aliphatic hydroxyl groups is 1. The summed E-state index contributed by atoms with van der Waals surface area (Å²) in [6.07, 6.45) is 1.38. The minimum Gasteiger partial charge on any atom is -0.392 e. The lowest BCUT2D eigenvalue weighted by atomic mass is 10.00. The molecule has 0 amide bonds. The van der Waals surface area contributed by atoms with Gasteiger partial charge in [-0.3, -0.25) is 0 Å². The average Bonchev–Trinajstić information content (AvgIpc) is 3.11. The van der Waals surface area contributed by atoms with Gasteiger partial charge in [-0.2, -0.15) is 0 Å². The van der Waals surface area contributed by atoms with Gasteiger partial charge >= 0.3 is 0 Å². The zero-order chi connectivity index (χ0) is 21.1. The van der Waals surface area contributed by atoms with E-state index in [1.807, 2.05) is 48.5 Å². The summed E-state index contributed by atoms with van der Waals surface area (Å²) in [5.41, 5.74) is 9.56. The number of ether oxygens (including phenoxy) is 2. The van der Waals surface area contributed by atoms with Gasteiger partial charge in [-0.25, -0.2) is 4.98 Å². The summed E-state index contributed by atoms with van der Waals surface area (Å²) in [4.78, 5) is 4.05. The SMILES string of the molecule is NCc1ccc(C2OC(Cn3cnc(Cl)c3Cl)CC(c3ccc(CO)cc3)O2)cc1. The lowest BCUT2D eigenvalue weighted by Crippen LogP contribution is -2.32. The highest BCUT2D eigenvalue weighted by Crippen LogP contribution is 2.38. The Hall–Kier alpha value is -1.93. The lowest BCUT2D eigenvalue weighted by molar-refractivity contribution is -0.252. The van der Waals surface area contributed by atoms with Crippen molar-refractivity contribution in [1.29, 1.82) is 0 Å². The van der Waals surface area contributed by atoms with E-state index >= 15 is 0 Å². The first-order valence-corrected chi connectivity index (χ1v) is 10.5. The molecule has 0 saturated carbocycles. The Labute approximate surface area is 185 Å². The van der Waals surface area contributed by atoms with E-state index in [1.54, 1.807) is 10.9 Å². The first-order valence-electron chi connectivity index (χ1n) is 9.73. The minimum absolute atomic E-state index is 0.00748. The number of halogens is 2. The minimum atomic E-state index is -0.532. The highest BCUT2D eigenvalue weighted by molar-refractivity contribution is 6.40. The zero-order valence-corrected chi connectivity index (χ0v) is 17.8. The molecule has 3 unspecified atom stereocenters. The Morgan fingerprint density at radius 1 is 1.00 bits per heavy atom. The van der Waals surface area contributed by atoms with Crippen molar-refractivity contribution in [2.24, 2.45) is 5.73 Å². The lowest BCUT2D eigenvalue weighted by Gasteiger charge is -2.36. The quantitative estimate of drug-likeness (QED) is 0.585. The monoisotopic (exact) mass is 447 g/mol. The van der Waals surface area contributed by atoms with Crippen LogP contribution in [0.2, 0.25) is 10.3 Å². The van der Waals surface area contributed by atoms with Crippen molar-refractivity contribution in [3.05, 3.63) is 87.4 Å². The van der Waals surface area contributed by atoms with Gasteiger partial charge in [0.2, 0.25) is 0 Å². The molecule has 1 aliphatic rings. The molecule has 3 atom stereocenters. The summed E-state index contributed by atoms with van der Waals surface area (Å²) < 4.78 is 14.4. The molecule has 0 aliphatic carbocycles. The molecule has 0 spiro atoms. The number of nitrogens with zero attached hydrogens (tertiary/aromatic N) is 2. The van der Waals surface area contributed by atoms with Crippen molar-refractivity contribution in [3.63, 3.8) is 0 Å². The van der Waals surface area contributed by atoms with Gasteiger partial charge in [0.1, 0.15) is 5.15 Å². The first kappa shape index (κ1) is 21.3. The molecular formula is C22H23Cl2N3O3. The van der Waals surface area contributed by atoms with E-state index in [-0.39, 0.29) is 24.0 Å². The molecule has 0 radical (unpaired) electrons. The van der Waals surface area contributed by atoms with E-state index in [1.165, 1.54) is 0 Å². The van der Waals surface area contributed by atoms with Crippen LogP contribution < -0.4 is 5.73 Å². The third kappa shape index (κ3) is 4.70. The van der Waals surface area contributed by atoms with Crippen molar-refractivity contribution < 1.29 is 14.6 Å². The van der Waals surface area contributed by atoms with Crippen LogP contribution >= 0.6 is 23.2 Å². The second kappa shape index (κ2) is 9.47. The molecule has 1 saturated heterocycles. The molecular weight excluding hydrogens is 425 g/mol. The van der Waals surface area contributed by atoms with Gasteiger partial charge in [0.15, 0.2) is 11.4 Å². The van der Waals surface area contributed by atoms with Crippen LogP contribution in [0, 0.1) is 0 Å². The fourth-order valence-electron chi connectivity index (χ4n) is 3.53. The fourth-order valence-corrected chi connectivity index (χ4v) is 3.85. The van der Waals surface area contributed by atoms with Gasteiger partial charge in [0, 0.05) is 18.5 Å². The van der Waals surface area contributed by atoms with Crippen LogP contribution in [-0.4, -0.2) is 20.8 Å². The highest BCUT2D eigenvalue weighted by Gasteiger charge is 2.32. The van der Waals surface area contributed by atoms with Gasteiger partial charge in [0.25, 0.3) is 0 Å². The van der Waals surface area contributed by atoms with Crippen molar-refractivity contribution in [2.45, 2.75) is 44.6 Å². The summed E-state index contributed by atoms with van der Waals surface area (Å²) in [5.74, 6) is 0. The maximum absolute atomic E-state index is 9.31. The van der Waals surface area contributed by atoms with Crippen LogP contribution in [0.5, 0.6) is 0 Å². The van der Waals surface area contributed by atoms with Crippen LogP contribution in [0.15, 0.2) is 54.9 Å². The summed E-state index contributed by atoms with van der Waals surface area (Å²) in [5, 5.41) is 9.97. The van der Waals surface area contributed by atoms with Gasteiger partial charge in [-0.15, -0.1) is 0 Å². The standard InChI is InChI=1S/C22H23Cl2N3O3/c23-20-21(24)27(13-26-20)11-18-9-19(16-5-3-15(12-28)4-6-16)30-22(29-18)17-7-1-14(10-25)2-8-17/h1-8,13,18-19,22,28H,9-12,25H2. The predicted octanol–water partition coefficient (Wildman–Crippen LogP) is 4.39. The Balaban J connectivity index is 1.59. The molecule has 4 rings (SSSR count). The number of hydrogen-bond donors (Lipinski definition) is 2. The van der Waals surface area contributed by atoms with Crippen molar-refractivity contribution in [2.75, 3.05) is 0 Å². The van der Waals surface area contributed by atoms with E-state index in [0.717, 1.165) is 22.3 Å². The maximum atomic E-state index is 9.31. The van der Waals surface area contributed by atoms with Crippen molar-refractivity contribution in [3.8, 4) is 0 Å². The second-order valence-electron chi connectivity index (χ2n) is 7.27. The van der Waals surface area contributed by atoms with E-state index in [9.17, 15) is 5.11 Å². The summed E-state index contributed by atoms with van der Waals surface area (Å²) in [7, 11) is 0. The normalized spacial score (nSPS) is 21.7. The number of rotatable bonds is 6. The largest absolute Gasteiger partial charge is 0.392 e. The number of aromatic nitrogens is 2. The van der Waals surface area contributed by atoms with Crippen LogP contribution in [0.4, 0.5) is 0 Å². The molecule has 6 nitrogen and oxygen atoms in total. The Morgan fingerprint density at radius 3 is 2.27 bits per heavy atom. The third-order valence-electron chi connectivity index (χ3n) is 5.24. The average molecular weight is 448 g/mol. The molecule has 2 aromatic carbocycles. The smallest absolute Gasteiger partial charge is 0.184 e. The van der Waals surface area contributed by atoms with E-state index < -0.39 is 6.29 Å². The predicted molar refractivity (Wildman–Crippen MR) is 115 cm³/mol. The van der Waals surface area contributed by atoms with Crippen LogP contribution in [0.25, 0.3) is 0 Å². The van der Waals surface area contributed by atoms with Gasteiger partial charge in [-0.05, 0) is 16.7 Å². The molecule has 3 aromatic rings. The Bertz CT molecular complexity index is 921. The highest BCUT2D eigenvalue weighted by atomic mass is 35.5. The first-order chi connectivity index (χ1) is 14.6. The van der Waals surface area contributed by atoms with E-state index in [0.29, 0.717) is 24.7 Å². The number of aliphatic hydroxyl groups excluding tert-OH is 1. The summed E-state index contributed by atoms with van der Waals surface area (Å²) in [6.45, 7) is 0.993. The molecule has 1 aromatic heterocycles. The van der Waals surface area contributed by atoms with Crippen molar-refractivity contribution in [1.82, 2.24) is 9.55 Å². The molecule has 158 valence electrons. The van der Waals surface area contributed by atoms with Gasteiger partial charge < -0.3 is 24.9 Å². The Kier molecular flexibility index (Phi) is 6.73. The second-order valence-corrected chi connectivity index (χ2v) is 7.99. The number of hydrogen-bond acceptors (Lipinski definition) is 5. The third-order valence-corrected chi connectivity index (χ3v) is 6.01. The topological polar surface area (TPSA) is 82.5 Å². The molecule has 30 heavy (non-hydrogen) atoms. The Morgan fingerprint density at radius 2 is 1.67 bits per heavy atom. The summed E-state index contributed by atoms with van der Waals surface area (Å²) in [6, 6.07) is 15.7. The molecule has 3 N–H and O–H groups in total. The number of imidazole rings is 1. The van der Waals surface area contributed by atoms with Crippen molar-refractivity contribution >= 4 is 23.2 Å². The molecule has 0 bridgehead atoms. The van der Waals surface area contributed by atoms with E-state index in [4.69, 9.17) is 38.4 Å². The number of benzene rings is 2. The van der Waals surface area contributed by atoms with Crippen LogP contribution in [-0.2, 0) is 29.2 Å². The number of nitrogens with two attached hydrogens (primary N) is 1. The molecule has 1 aliphatic heterocycles. The van der Waals surface area contributed by atoms with Gasteiger partial charge in [0.05, 0.1) is 31.7 Å². The summed E-state index contributed by atoms with van der Waals surface area (Å²) >= 11 is 12.2. The van der Waals surface area contributed by atoms with Gasteiger partial charge in [-0.1, -0.05) is 71.7 Å². The molecule has 2 heterocycles. The molecule has 8 heteroatoms.